The molecule has 124 valence electrons. The summed E-state index contributed by atoms with van der Waals surface area (Å²) in [5.41, 5.74) is 3.15. The molecule has 0 fully saturated rings. The molecule has 0 bridgehead atoms. The Morgan fingerprint density at radius 3 is 1.77 bits per heavy atom. The van der Waals surface area contributed by atoms with Crippen molar-refractivity contribution in [3.05, 3.63) is 101 Å². The maximum absolute atomic E-state index is 12.4. The van der Waals surface area contributed by atoms with Gasteiger partial charge >= 0.3 is 0 Å². The van der Waals surface area contributed by atoms with Crippen LogP contribution in [-0.4, -0.2) is 23.1 Å². The fraction of sp³-hybridized carbons (Fsp3) is 0. The molecule has 0 N–H and O–H groups in total. The average Bonchev–Trinajstić information content (AvgIpc) is 2.61. The van der Waals surface area contributed by atoms with Crippen LogP contribution in [0.25, 0.3) is 5.57 Å². The largest absolute Gasteiger partial charge is 0.290 e. The number of benzene rings is 1. The van der Waals surface area contributed by atoms with E-state index in [1.807, 2.05) is 30.3 Å². The Morgan fingerprint density at radius 2 is 1.12 bits per heavy atom. The van der Waals surface area contributed by atoms with Gasteiger partial charge in [-0.3, -0.25) is 19.2 Å². The minimum absolute atomic E-state index is 0.239. The standard InChI is InChI=1S/C22H12O4/c23-14-6-8-20(25)17(10-14)18-12-16(13-4-2-1-3-5-13)22(18)19-11-15(24)7-9-21(19)26/h1-12H. The van der Waals surface area contributed by atoms with E-state index in [0.29, 0.717) is 11.1 Å². The molecule has 0 radical (unpaired) electrons. The Morgan fingerprint density at radius 1 is 0.538 bits per heavy atom. The van der Waals surface area contributed by atoms with Gasteiger partial charge in [0.25, 0.3) is 0 Å². The van der Waals surface area contributed by atoms with Crippen LogP contribution in [0.2, 0.25) is 0 Å². The third kappa shape index (κ3) is 2.58. The van der Waals surface area contributed by atoms with Crippen molar-refractivity contribution in [2.75, 3.05) is 0 Å². The van der Waals surface area contributed by atoms with Gasteiger partial charge in [-0.15, -0.1) is 0 Å². The van der Waals surface area contributed by atoms with Crippen molar-refractivity contribution >= 4 is 28.7 Å². The molecule has 3 aliphatic carbocycles. The predicted octanol–water partition coefficient (Wildman–Crippen LogP) is 2.65. The van der Waals surface area contributed by atoms with E-state index in [2.05, 4.69) is 0 Å². The second kappa shape index (κ2) is 6.01. The van der Waals surface area contributed by atoms with E-state index < -0.39 is 0 Å². The SMILES string of the molecule is O=C1C=CC(=O)C(C2=C(C3=CC(=O)C=CC3=O)C(c3ccccc3)=C2)=C1. The number of carbonyl (C=O) groups is 4. The van der Waals surface area contributed by atoms with Crippen LogP contribution in [0.4, 0.5) is 0 Å². The molecule has 0 saturated heterocycles. The third-order valence-corrected chi connectivity index (χ3v) is 4.37. The van der Waals surface area contributed by atoms with Gasteiger partial charge in [-0.1, -0.05) is 30.3 Å². The zero-order valence-corrected chi connectivity index (χ0v) is 13.6. The van der Waals surface area contributed by atoms with Crippen molar-refractivity contribution in [2.45, 2.75) is 0 Å². The van der Waals surface area contributed by atoms with Crippen molar-refractivity contribution in [3.8, 4) is 0 Å². The molecule has 0 aromatic heterocycles. The van der Waals surface area contributed by atoms with Crippen LogP contribution in [0.5, 0.6) is 0 Å². The van der Waals surface area contributed by atoms with Crippen molar-refractivity contribution in [1.82, 2.24) is 0 Å². The second-order valence-electron chi connectivity index (χ2n) is 6.03. The molecule has 4 heteroatoms. The third-order valence-electron chi connectivity index (χ3n) is 4.37. The van der Waals surface area contributed by atoms with Crippen molar-refractivity contribution in [3.63, 3.8) is 0 Å². The van der Waals surface area contributed by atoms with Gasteiger partial charge in [0, 0.05) is 16.7 Å². The molecule has 26 heavy (non-hydrogen) atoms. The highest BCUT2D eigenvalue weighted by Gasteiger charge is 2.32. The van der Waals surface area contributed by atoms with Crippen LogP contribution < -0.4 is 0 Å². The summed E-state index contributed by atoms with van der Waals surface area (Å²) >= 11 is 0. The number of hydrogen-bond acceptors (Lipinski definition) is 4. The quantitative estimate of drug-likeness (QED) is 0.793. The summed E-state index contributed by atoms with van der Waals surface area (Å²) in [6.45, 7) is 0. The summed E-state index contributed by atoms with van der Waals surface area (Å²) in [6, 6.07) is 9.38. The molecule has 0 heterocycles. The van der Waals surface area contributed by atoms with Crippen molar-refractivity contribution in [2.24, 2.45) is 0 Å². The van der Waals surface area contributed by atoms with Crippen LogP contribution in [0, 0.1) is 0 Å². The minimum Gasteiger partial charge on any atom is -0.290 e. The summed E-state index contributed by atoms with van der Waals surface area (Å²) in [5.74, 6) is -1.17. The lowest BCUT2D eigenvalue weighted by molar-refractivity contribution is -0.114. The van der Waals surface area contributed by atoms with Crippen molar-refractivity contribution in [1.29, 1.82) is 0 Å². The number of hydrogen-bond donors (Lipinski definition) is 0. The summed E-state index contributed by atoms with van der Waals surface area (Å²) in [5, 5.41) is 0. The van der Waals surface area contributed by atoms with E-state index in [1.165, 1.54) is 36.5 Å². The zero-order chi connectivity index (χ0) is 18.3. The zero-order valence-electron chi connectivity index (χ0n) is 13.6. The number of rotatable bonds is 3. The summed E-state index contributed by atoms with van der Waals surface area (Å²) in [7, 11) is 0. The van der Waals surface area contributed by atoms with Gasteiger partial charge in [0.05, 0.1) is 0 Å². The molecular weight excluding hydrogens is 328 g/mol. The van der Waals surface area contributed by atoms with E-state index in [1.54, 1.807) is 6.08 Å². The lowest BCUT2D eigenvalue weighted by atomic mass is 9.73. The molecule has 4 rings (SSSR count). The number of allylic oxidation sites excluding steroid dienone is 12. The van der Waals surface area contributed by atoms with E-state index in [9.17, 15) is 19.2 Å². The van der Waals surface area contributed by atoms with Crippen LogP contribution in [0.1, 0.15) is 5.56 Å². The molecule has 1 aromatic carbocycles. The van der Waals surface area contributed by atoms with E-state index in [4.69, 9.17) is 0 Å². The number of ketones is 4. The first-order valence-corrected chi connectivity index (χ1v) is 8.03. The van der Waals surface area contributed by atoms with Crippen LogP contribution in [0.3, 0.4) is 0 Å². The average molecular weight is 340 g/mol. The maximum Gasteiger partial charge on any atom is 0.186 e. The molecule has 3 aliphatic rings. The van der Waals surface area contributed by atoms with Gasteiger partial charge < -0.3 is 0 Å². The maximum atomic E-state index is 12.4. The molecule has 1 aromatic rings. The molecule has 0 aliphatic heterocycles. The van der Waals surface area contributed by atoms with Gasteiger partial charge in [0.1, 0.15) is 0 Å². The molecule has 0 unspecified atom stereocenters. The Balaban J connectivity index is 1.86. The van der Waals surface area contributed by atoms with Crippen LogP contribution >= 0.6 is 0 Å². The van der Waals surface area contributed by atoms with E-state index in [0.717, 1.165) is 11.1 Å². The van der Waals surface area contributed by atoms with Crippen LogP contribution in [-0.2, 0) is 19.2 Å². The Bertz CT molecular complexity index is 1070. The fourth-order valence-corrected chi connectivity index (χ4v) is 3.13. The highest BCUT2D eigenvalue weighted by atomic mass is 16.1. The molecule has 0 amide bonds. The van der Waals surface area contributed by atoms with Gasteiger partial charge in [0.2, 0.25) is 0 Å². The highest BCUT2D eigenvalue weighted by molar-refractivity contribution is 6.25. The lowest BCUT2D eigenvalue weighted by Crippen LogP contribution is -2.20. The molecule has 0 atom stereocenters. The Labute approximate surface area is 149 Å². The normalized spacial score (nSPS) is 19.3. The molecule has 0 spiro atoms. The monoisotopic (exact) mass is 340 g/mol. The lowest BCUT2D eigenvalue weighted by Gasteiger charge is -2.28. The molecule has 0 saturated carbocycles. The Kier molecular flexibility index (Phi) is 3.66. The highest BCUT2D eigenvalue weighted by Crippen LogP contribution is 2.44. The van der Waals surface area contributed by atoms with Crippen molar-refractivity contribution < 1.29 is 19.2 Å². The predicted molar refractivity (Wildman–Crippen MR) is 95.9 cm³/mol. The first-order valence-electron chi connectivity index (χ1n) is 8.03. The topological polar surface area (TPSA) is 68.3 Å². The van der Waals surface area contributed by atoms with Gasteiger partial charge in [-0.25, -0.2) is 0 Å². The smallest absolute Gasteiger partial charge is 0.186 e. The molecule has 4 nitrogen and oxygen atoms in total. The minimum atomic E-state index is -0.302. The van der Waals surface area contributed by atoms with E-state index in [-0.39, 0.29) is 34.3 Å². The van der Waals surface area contributed by atoms with Crippen LogP contribution in [0.15, 0.2) is 95.2 Å². The Hall–Kier alpha value is -3.66. The van der Waals surface area contributed by atoms with E-state index >= 15 is 0 Å². The first-order chi connectivity index (χ1) is 12.5. The summed E-state index contributed by atoms with van der Waals surface area (Å²) in [6.07, 6.45) is 9.19. The molecular formula is C22H12O4. The van der Waals surface area contributed by atoms with Gasteiger partial charge in [-0.05, 0) is 59.2 Å². The van der Waals surface area contributed by atoms with Gasteiger partial charge in [-0.2, -0.15) is 0 Å². The second-order valence-corrected chi connectivity index (χ2v) is 6.03. The summed E-state index contributed by atoms with van der Waals surface area (Å²) < 4.78 is 0. The summed E-state index contributed by atoms with van der Waals surface area (Å²) in [4.78, 5) is 48.1. The first kappa shape index (κ1) is 15.8. The number of carbonyl (C=O) groups excluding carboxylic acids is 4. The fourth-order valence-electron chi connectivity index (χ4n) is 3.13. The van der Waals surface area contributed by atoms with Gasteiger partial charge in [0.15, 0.2) is 23.1 Å².